The molecule has 1 aliphatic heterocycles. The minimum atomic E-state index is -0.948. The Hall–Kier alpha value is -3.15. The van der Waals surface area contributed by atoms with Crippen LogP contribution in [-0.2, 0) is 9.59 Å². The highest BCUT2D eigenvalue weighted by atomic mass is 16.4. The summed E-state index contributed by atoms with van der Waals surface area (Å²) in [4.78, 5) is 41.9. The molecule has 2 amide bonds. The van der Waals surface area contributed by atoms with Crippen LogP contribution in [0.5, 0.6) is 0 Å². The van der Waals surface area contributed by atoms with Crippen LogP contribution in [0, 0.1) is 5.92 Å². The average Bonchev–Trinajstić information content (AvgIpc) is 3.53. The van der Waals surface area contributed by atoms with Gasteiger partial charge in [-0.1, -0.05) is 42.8 Å². The predicted octanol–water partition coefficient (Wildman–Crippen LogP) is 4.41. The molecule has 32 heavy (non-hydrogen) atoms. The predicted molar refractivity (Wildman–Crippen MR) is 120 cm³/mol. The molecule has 2 fully saturated rings. The Morgan fingerprint density at radius 3 is 2.34 bits per heavy atom. The molecule has 1 N–H and O–H groups in total. The van der Waals surface area contributed by atoms with Crippen molar-refractivity contribution in [2.75, 3.05) is 4.90 Å². The summed E-state index contributed by atoms with van der Waals surface area (Å²) in [6.07, 6.45) is 4.68. The van der Waals surface area contributed by atoms with Gasteiger partial charge in [-0.05, 0) is 49.4 Å². The van der Waals surface area contributed by atoms with Crippen LogP contribution in [0.4, 0.5) is 5.69 Å². The summed E-state index contributed by atoms with van der Waals surface area (Å²) >= 11 is 0. The summed E-state index contributed by atoms with van der Waals surface area (Å²) < 4.78 is 0. The normalized spacial score (nSPS) is 23.9. The van der Waals surface area contributed by atoms with Gasteiger partial charge in [0.05, 0.1) is 12.5 Å². The van der Waals surface area contributed by atoms with Crippen LogP contribution in [0.25, 0.3) is 0 Å². The summed E-state index contributed by atoms with van der Waals surface area (Å²) in [6, 6.07) is 17.4. The molecule has 0 aromatic heterocycles. The second-order valence-corrected chi connectivity index (χ2v) is 9.13. The fourth-order valence-corrected chi connectivity index (χ4v) is 5.64. The Bertz CT molecular complexity index is 1030. The SMILES string of the molecule is O=C(O)CCC(=O)N(C1CC1)[C@@H]1c2ccccc2N(C(=O)c2ccccc2)[C@@H]2CCC[C@@H]21. The van der Waals surface area contributed by atoms with E-state index in [4.69, 9.17) is 5.11 Å². The molecule has 166 valence electrons. The van der Waals surface area contributed by atoms with Crippen molar-refractivity contribution in [3.05, 3.63) is 65.7 Å². The number of fused-ring (bicyclic) bond motifs is 2. The summed E-state index contributed by atoms with van der Waals surface area (Å²) in [6.45, 7) is 0. The molecular formula is C26H28N2O4. The van der Waals surface area contributed by atoms with Gasteiger partial charge in [0.2, 0.25) is 5.91 Å². The number of aliphatic carboxylic acids is 1. The first-order chi connectivity index (χ1) is 15.6. The van der Waals surface area contributed by atoms with E-state index >= 15 is 0 Å². The number of carboxylic acid groups (broad SMARTS) is 1. The molecule has 3 atom stereocenters. The second kappa shape index (κ2) is 8.41. The van der Waals surface area contributed by atoms with E-state index in [1.807, 2.05) is 64.4 Å². The van der Waals surface area contributed by atoms with Crippen molar-refractivity contribution >= 4 is 23.5 Å². The van der Waals surface area contributed by atoms with E-state index in [1.165, 1.54) is 0 Å². The second-order valence-electron chi connectivity index (χ2n) is 9.13. The van der Waals surface area contributed by atoms with Gasteiger partial charge < -0.3 is 14.9 Å². The quantitative estimate of drug-likeness (QED) is 0.733. The van der Waals surface area contributed by atoms with Crippen molar-refractivity contribution in [2.45, 2.75) is 63.1 Å². The fourth-order valence-electron chi connectivity index (χ4n) is 5.64. The van der Waals surface area contributed by atoms with Crippen molar-refractivity contribution in [3.63, 3.8) is 0 Å². The summed E-state index contributed by atoms with van der Waals surface area (Å²) in [7, 11) is 0. The zero-order valence-electron chi connectivity index (χ0n) is 18.0. The Labute approximate surface area is 187 Å². The number of rotatable bonds is 6. The molecule has 5 rings (SSSR count). The van der Waals surface area contributed by atoms with E-state index in [1.54, 1.807) is 0 Å². The summed E-state index contributed by atoms with van der Waals surface area (Å²) in [5.74, 6) is -0.866. The molecule has 0 spiro atoms. The van der Waals surface area contributed by atoms with Gasteiger partial charge in [-0.25, -0.2) is 0 Å². The molecule has 0 saturated heterocycles. The Morgan fingerprint density at radius 1 is 0.906 bits per heavy atom. The molecule has 2 aromatic carbocycles. The van der Waals surface area contributed by atoms with E-state index in [-0.39, 0.29) is 48.7 Å². The highest BCUT2D eigenvalue weighted by Gasteiger charge is 2.51. The number of hydrogen-bond donors (Lipinski definition) is 1. The number of carbonyl (C=O) groups is 3. The Morgan fingerprint density at radius 2 is 1.62 bits per heavy atom. The number of nitrogens with zero attached hydrogens (tertiary/aromatic N) is 2. The van der Waals surface area contributed by atoms with E-state index in [9.17, 15) is 14.4 Å². The summed E-state index contributed by atoms with van der Waals surface area (Å²) in [5.41, 5.74) is 2.56. The number of carbonyl (C=O) groups excluding carboxylic acids is 2. The zero-order chi connectivity index (χ0) is 22.2. The van der Waals surface area contributed by atoms with E-state index < -0.39 is 5.97 Å². The van der Waals surface area contributed by atoms with E-state index in [0.717, 1.165) is 43.4 Å². The van der Waals surface area contributed by atoms with Crippen LogP contribution in [0.3, 0.4) is 0 Å². The van der Waals surface area contributed by atoms with Crippen LogP contribution < -0.4 is 4.90 Å². The van der Waals surface area contributed by atoms with Gasteiger partial charge >= 0.3 is 5.97 Å². The van der Waals surface area contributed by atoms with Crippen molar-refractivity contribution in [1.82, 2.24) is 4.90 Å². The molecule has 0 bridgehead atoms. The molecule has 6 heteroatoms. The van der Waals surface area contributed by atoms with Crippen molar-refractivity contribution in [3.8, 4) is 0 Å². The Balaban J connectivity index is 1.56. The van der Waals surface area contributed by atoms with Crippen LogP contribution in [-0.4, -0.2) is 39.9 Å². The van der Waals surface area contributed by atoms with Crippen molar-refractivity contribution < 1.29 is 19.5 Å². The molecular weight excluding hydrogens is 404 g/mol. The van der Waals surface area contributed by atoms with E-state index in [2.05, 4.69) is 0 Å². The smallest absolute Gasteiger partial charge is 0.303 e. The van der Waals surface area contributed by atoms with Crippen LogP contribution in [0.15, 0.2) is 54.6 Å². The summed E-state index contributed by atoms with van der Waals surface area (Å²) in [5, 5.41) is 9.11. The molecule has 2 aromatic rings. The minimum absolute atomic E-state index is 0.00331. The average molecular weight is 433 g/mol. The standard InChI is InChI=1S/C26H28N2O4/c29-23(15-16-24(30)31)27(18-13-14-18)25-19-9-4-5-11-21(19)28(22-12-6-10-20(22)25)26(32)17-7-2-1-3-8-17/h1-5,7-9,11,18,20,22,25H,6,10,12-16H2,(H,30,31)/t20-,22+,25+/m0/s1. The first kappa shape index (κ1) is 20.7. The van der Waals surface area contributed by atoms with Crippen molar-refractivity contribution in [1.29, 1.82) is 0 Å². The molecule has 3 aliphatic rings. The van der Waals surface area contributed by atoms with Gasteiger partial charge in [-0.2, -0.15) is 0 Å². The number of benzene rings is 2. The topological polar surface area (TPSA) is 77.9 Å². The molecule has 2 aliphatic carbocycles. The highest BCUT2D eigenvalue weighted by molar-refractivity contribution is 6.07. The van der Waals surface area contributed by atoms with Gasteiger partial charge in [0, 0.05) is 35.7 Å². The minimum Gasteiger partial charge on any atom is -0.481 e. The Kier molecular flexibility index (Phi) is 5.45. The van der Waals surface area contributed by atoms with Gasteiger partial charge in [0.25, 0.3) is 5.91 Å². The molecule has 1 heterocycles. The maximum atomic E-state index is 13.6. The number of hydrogen-bond acceptors (Lipinski definition) is 3. The lowest BCUT2D eigenvalue weighted by atomic mass is 9.81. The van der Waals surface area contributed by atoms with Gasteiger partial charge in [-0.3, -0.25) is 14.4 Å². The maximum Gasteiger partial charge on any atom is 0.303 e. The molecule has 6 nitrogen and oxygen atoms in total. The number of anilines is 1. The van der Waals surface area contributed by atoms with Gasteiger partial charge in [0.1, 0.15) is 0 Å². The van der Waals surface area contributed by atoms with Crippen LogP contribution in [0.2, 0.25) is 0 Å². The molecule has 0 unspecified atom stereocenters. The monoisotopic (exact) mass is 432 g/mol. The number of amides is 2. The number of carboxylic acids is 1. The lowest BCUT2D eigenvalue weighted by molar-refractivity contribution is -0.142. The third-order valence-corrected chi connectivity index (χ3v) is 7.10. The molecule has 2 saturated carbocycles. The van der Waals surface area contributed by atoms with Crippen LogP contribution in [0.1, 0.15) is 66.9 Å². The lowest BCUT2D eigenvalue weighted by Crippen LogP contribution is -2.52. The zero-order valence-corrected chi connectivity index (χ0v) is 18.0. The number of para-hydroxylation sites is 1. The first-order valence-corrected chi connectivity index (χ1v) is 11.6. The van der Waals surface area contributed by atoms with Gasteiger partial charge in [-0.15, -0.1) is 0 Å². The third-order valence-electron chi connectivity index (χ3n) is 7.10. The largest absolute Gasteiger partial charge is 0.481 e. The van der Waals surface area contributed by atoms with Gasteiger partial charge in [0.15, 0.2) is 0 Å². The van der Waals surface area contributed by atoms with E-state index in [0.29, 0.717) is 5.56 Å². The first-order valence-electron chi connectivity index (χ1n) is 11.6. The fraction of sp³-hybridized carbons (Fsp3) is 0.423. The molecule has 0 radical (unpaired) electrons. The van der Waals surface area contributed by atoms with Crippen LogP contribution >= 0.6 is 0 Å². The third kappa shape index (κ3) is 3.68. The highest BCUT2D eigenvalue weighted by Crippen LogP contribution is 2.52. The maximum absolute atomic E-state index is 13.6. The van der Waals surface area contributed by atoms with Crippen molar-refractivity contribution in [2.24, 2.45) is 5.92 Å². The lowest BCUT2D eigenvalue weighted by Gasteiger charge is -2.48.